The van der Waals surface area contributed by atoms with Crippen LogP contribution in [0.4, 0.5) is 4.39 Å². The van der Waals surface area contributed by atoms with Crippen molar-refractivity contribution in [1.29, 1.82) is 0 Å². The highest BCUT2D eigenvalue weighted by Gasteiger charge is 2.17. The number of nitrogens with zero attached hydrogens (tertiary/aromatic N) is 2. The topological polar surface area (TPSA) is 17.8 Å². The molecule has 4 rings (SSSR count). The van der Waals surface area contributed by atoms with Crippen molar-refractivity contribution in [2.24, 2.45) is 0 Å². The fourth-order valence-corrected chi connectivity index (χ4v) is 3.37. The molecule has 1 aromatic heterocycles. The van der Waals surface area contributed by atoms with Gasteiger partial charge in [0.25, 0.3) is 0 Å². The monoisotopic (exact) mass is 370 g/mol. The van der Waals surface area contributed by atoms with Crippen LogP contribution in [-0.4, -0.2) is 9.55 Å². The summed E-state index contributed by atoms with van der Waals surface area (Å²) in [7, 11) is 0. The molecule has 0 spiro atoms. The Morgan fingerprint density at radius 2 is 1.56 bits per heavy atom. The van der Waals surface area contributed by atoms with E-state index in [1.807, 2.05) is 53.1 Å². The minimum atomic E-state index is -0.338. The molecule has 0 aliphatic heterocycles. The number of hydrogen-bond acceptors (Lipinski definition) is 1. The van der Waals surface area contributed by atoms with E-state index >= 15 is 0 Å². The lowest BCUT2D eigenvalue weighted by atomic mass is 10.1. The van der Waals surface area contributed by atoms with Crippen molar-refractivity contribution in [2.75, 3.05) is 0 Å². The zero-order valence-corrected chi connectivity index (χ0v) is 14.6. The van der Waals surface area contributed by atoms with Crippen LogP contribution < -0.4 is 0 Å². The van der Waals surface area contributed by atoms with Crippen LogP contribution in [0.3, 0.4) is 0 Å². The normalized spacial score (nSPS) is 11.2. The molecule has 1 heterocycles. The van der Waals surface area contributed by atoms with Crippen molar-refractivity contribution in [3.05, 3.63) is 88.2 Å². The van der Waals surface area contributed by atoms with Gasteiger partial charge in [-0.25, -0.2) is 9.37 Å². The molecule has 0 saturated carbocycles. The van der Waals surface area contributed by atoms with Gasteiger partial charge in [-0.3, -0.25) is 0 Å². The van der Waals surface area contributed by atoms with E-state index in [9.17, 15) is 4.39 Å². The molecule has 124 valence electrons. The predicted octanol–water partition coefficient (Wildman–Crippen LogP) is 6.20. The fraction of sp³-hybridized carbons (Fsp3) is 0.0500. The van der Waals surface area contributed by atoms with Crippen molar-refractivity contribution < 1.29 is 4.39 Å². The summed E-state index contributed by atoms with van der Waals surface area (Å²) in [5, 5.41) is 0.988. The number of rotatable bonds is 3. The molecule has 0 N–H and O–H groups in total. The van der Waals surface area contributed by atoms with E-state index in [4.69, 9.17) is 28.2 Å². The first kappa shape index (κ1) is 16.1. The van der Waals surface area contributed by atoms with Crippen LogP contribution in [0.1, 0.15) is 5.56 Å². The van der Waals surface area contributed by atoms with Gasteiger partial charge in [-0.05, 0) is 36.4 Å². The molecule has 0 saturated heterocycles. The minimum Gasteiger partial charge on any atom is -0.319 e. The van der Waals surface area contributed by atoms with Crippen molar-refractivity contribution in [3.8, 4) is 11.4 Å². The molecule has 0 radical (unpaired) electrons. The average molecular weight is 371 g/mol. The Labute approximate surface area is 154 Å². The highest BCUT2D eigenvalue weighted by Crippen LogP contribution is 2.32. The van der Waals surface area contributed by atoms with E-state index in [-0.39, 0.29) is 12.4 Å². The predicted molar refractivity (Wildman–Crippen MR) is 101 cm³/mol. The van der Waals surface area contributed by atoms with Gasteiger partial charge in [0.2, 0.25) is 0 Å². The molecule has 2 nitrogen and oxygen atoms in total. The molecule has 5 heteroatoms. The van der Waals surface area contributed by atoms with Crippen LogP contribution in [0.15, 0.2) is 66.7 Å². The number of halogens is 3. The number of fused-ring (bicyclic) bond motifs is 1. The number of aromatic nitrogens is 2. The first-order chi connectivity index (χ1) is 12.1. The van der Waals surface area contributed by atoms with Gasteiger partial charge in [-0.2, -0.15) is 0 Å². The third kappa shape index (κ3) is 2.90. The summed E-state index contributed by atoms with van der Waals surface area (Å²) in [5.41, 5.74) is 2.95. The summed E-state index contributed by atoms with van der Waals surface area (Å²) in [6, 6.07) is 19.9. The second-order valence-electron chi connectivity index (χ2n) is 5.69. The van der Waals surface area contributed by atoms with E-state index in [1.54, 1.807) is 12.1 Å². The smallest absolute Gasteiger partial charge is 0.142 e. The summed E-state index contributed by atoms with van der Waals surface area (Å²) in [5.74, 6) is 0.349. The van der Waals surface area contributed by atoms with Gasteiger partial charge in [-0.1, -0.05) is 53.5 Å². The van der Waals surface area contributed by atoms with Crippen molar-refractivity contribution in [2.45, 2.75) is 6.54 Å². The minimum absolute atomic E-state index is 0.270. The Hall–Kier alpha value is -2.36. The Kier molecular flexibility index (Phi) is 4.20. The summed E-state index contributed by atoms with van der Waals surface area (Å²) < 4.78 is 16.3. The lowest BCUT2D eigenvalue weighted by Gasteiger charge is -2.12. The summed E-state index contributed by atoms with van der Waals surface area (Å²) in [4.78, 5) is 4.71. The maximum Gasteiger partial charge on any atom is 0.142 e. The Balaban J connectivity index is 1.96. The third-order valence-electron chi connectivity index (χ3n) is 4.15. The van der Waals surface area contributed by atoms with Gasteiger partial charge in [0, 0.05) is 16.1 Å². The molecule has 0 fully saturated rings. The van der Waals surface area contributed by atoms with E-state index in [2.05, 4.69) is 0 Å². The van der Waals surface area contributed by atoms with Crippen LogP contribution in [0.2, 0.25) is 10.0 Å². The number of hydrogen-bond donors (Lipinski definition) is 0. The highest BCUT2D eigenvalue weighted by atomic mass is 35.5. The van der Waals surface area contributed by atoms with E-state index in [0.29, 0.717) is 21.4 Å². The summed E-state index contributed by atoms with van der Waals surface area (Å²) >= 11 is 12.6. The van der Waals surface area contributed by atoms with Crippen LogP contribution in [0, 0.1) is 5.82 Å². The van der Waals surface area contributed by atoms with E-state index in [1.165, 1.54) is 6.07 Å². The molecule has 0 amide bonds. The molecule has 25 heavy (non-hydrogen) atoms. The maximum absolute atomic E-state index is 14.3. The fourth-order valence-electron chi connectivity index (χ4n) is 2.93. The van der Waals surface area contributed by atoms with Gasteiger partial charge in [0.1, 0.15) is 11.6 Å². The van der Waals surface area contributed by atoms with Crippen molar-refractivity contribution >= 4 is 34.2 Å². The van der Waals surface area contributed by atoms with Gasteiger partial charge in [-0.15, -0.1) is 0 Å². The number of para-hydroxylation sites is 2. The lowest BCUT2D eigenvalue weighted by molar-refractivity contribution is 0.602. The van der Waals surface area contributed by atoms with Gasteiger partial charge in [0.05, 0.1) is 22.6 Å². The lowest BCUT2D eigenvalue weighted by Crippen LogP contribution is -2.05. The van der Waals surface area contributed by atoms with Gasteiger partial charge in [0.15, 0.2) is 0 Å². The molecule has 0 aliphatic carbocycles. The molecule has 0 aliphatic rings. The molecule has 4 aromatic rings. The standard InChI is InChI=1S/C20H13Cl2FN2/c21-15-7-2-1-6-13(15)20-24-18-10-3-4-11-19(18)25(20)12-14-16(22)8-5-9-17(14)23/h1-11H,12H2. The Morgan fingerprint density at radius 3 is 2.36 bits per heavy atom. The van der Waals surface area contributed by atoms with Crippen LogP contribution in [0.25, 0.3) is 22.4 Å². The van der Waals surface area contributed by atoms with Crippen molar-refractivity contribution in [1.82, 2.24) is 9.55 Å². The van der Waals surface area contributed by atoms with Gasteiger partial charge >= 0.3 is 0 Å². The van der Waals surface area contributed by atoms with Crippen LogP contribution in [-0.2, 0) is 6.54 Å². The highest BCUT2D eigenvalue weighted by molar-refractivity contribution is 6.33. The van der Waals surface area contributed by atoms with E-state index in [0.717, 1.165) is 16.6 Å². The molecular formula is C20H13Cl2FN2. The third-order valence-corrected chi connectivity index (χ3v) is 4.83. The van der Waals surface area contributed by atoms with Gasteiger partial charge < -0.3 is 4.57 Å². The largest absolute Gasteiger partial charge is 0.319 e. The first-order valence-corrected chi connectivity index (χ1v) is 8.54. The first-order valence-electron chi connectivity index (χ1n) is 7.78. The number of imidazole rings is 1. The molecular weight excluding hydrogens is 358 g/mol. The number of benzene rings is 3. The second kappa shape index (κ2) is 6.51. The molecule has 0 atom stereocenters. The Bertz CT molecular complexity index is 1050. The zero-order valence-electron chi connectivity index (χ0n) is 13.1. The molecule has 0 bridgehead atoms. The second-order valence-corrected chi connectivity index (χ2v) is 6.50. The zero-order chi connectivity index (χ0) is 17.4. The molecule has 0 unspecified atom stereocenters. The average Bonchev–Trinajstić information content (AvgIpc) is 2.97. The quantitative estimate of drug-likeness (QED) is 0.419. The van der Waals surface area contributed by atoms with E-state index < -0.39 is 0 Å². The Morgan fingerprint density at radius 1 is 0.840 bits per heavy atom. The SMILES string of the molecule is Fc1cccc(Cl)c1Cn1c(-c2ccccc2Cl)nc2ccccc21. The van der Waals surface area contributed by atoms with Crippen LogP contribution in [0.5, 0.6) is 0 Å². The van der Waals surface area contributed by atoms with Crippen molar-refractivity contribution in [3.63, 3.8) is 0 Å². The summed E-state index contributed by atoms with van der Waals surface area (Å²) in [6.07, 6.45) is 0. The summed E-state index contributed by atoms with van der Waals surface area (Å²) in [6.45, 7) is 0.270. The van der Waals surface area contributed by atoms with Crippen LogP contribution >= 0.6 is 23.2 Å². The molecule has 3 aromatic carbocycles. The maximum atomic E-state index is 14.3.